The zero-order valence-electron chi connectivity index (χ0n) is 20.5. The van der Waals surface area contributed by atoms with Crippen LogP contribution in [0.25, 0.3) is 22.0 Å². The van der Waals surface area contributed by atoms with E-state index >= 15 is 0 Å². The van der Waals surface area contributed by atoms with E-state index < -0.39 is 12.1 Å². The SMILES string of the molecule is Fc1ccc(-c2cc(C3CC3)nc3ccccc23)cc1.O=C(CCCC(O)CCc1cccnc1)OF. The van der Waals surface area contributed by atoms with Crippen molar-refractivity contribution in [2.24, 2.45) is 0 Å². The number of nitrogens with zero attached hydrogens (tertiary/aromatic N) is 2. The molecule has 1 aliphatic carbocycles. The molecule has 0 saturated heterocycles. The predicted octanol–water partition coefficient (Wildman–Crippen LogP) is 6.89. The van der Waals surface area contributed by atoms with E-state index in [1.807, 2.05) is 42.5 Å². The number of fused-ring (bicyclic) bond motifs is 1. The summed E-state index contributed by atoms with van der Waals surface area (Å²) in [6.07, 6.45) is 7.67. The molecule has 1 saturated carbocycles. The van der Waals surface area contributed by atoms with Crippen molar-refractivity contribution in [1.82, 2.24) is 9.97 Å². The van der Waals surface area contributed by atoms with Gasteiger partial charge in [-0.1, -0.05) is 36.4 Å². The van der Waals surface area contributed by atoms with Crippen LogP contribution < -0.4 is 0 Å². The van der Waals surface area contributed by atoms with Gasteiger partial charge in [0.25, 0.3) is 0 Å². The lowest BCUT2D eigenvalue weighted by Gasteiger charge is -2.09. The Bertz CT molecular complexity index is 1300. The molecular formula is C30H30F2N2O3. The molecule has 37 heavy (non-hydrogen) atoms. The number of hydrogen-bond donors (Lipinski definition) is 1. The predicted molar refractivity (Wildman–Crippen MR) is 139 cm³/mol. The highest BCUT2D eigenvalue weighted by molar-refractivity contribution is 5.94. The van der Waals surface area contributed by atoms with Crippen molar-refractivity contribution in [2.45, 2.75) is 57.0 Å². The van der Waals surface area contributed by atoms with Gasteiger partial charge in [-0.15, -0.1) is 0 Å². The molecule has 1 unspecified atom stereocenters. The quantitative estimate of drug-likeness (QED) is 0.269. The molecular weight excluding hydrogens is 474 g/mol. The summed E-state index contributed by atoms with van der Waals surface area (Å²) in [5, 5.41) is 10.8. The molecule has 1 aliphatic rings. The highest BCUT2D eigenvalue weighted by Gasteiger charge is 2.26. The molecule has 1 fully saturated rings. The van der Waals surface area contributed by atoms with Crippen molar-refractivity contribution in [3.05, 3.63) is 96.2 Å². The minimum Gasteiger partial charge on any atom is -0.393 e. The van der Waals surface area contributed by atoms with E-state index in [2.05, 4.69) is 22.1 Å². The number of aliphatic hydroxyl groups excluding tert-OH is 1. The fourth-order valence-electron chi connectivity index (χ4n) is 4.20. The highest BCUT2D eigenvalue weighted by atomic mass is 19.3. The summed E-state index contributed by atoms with van der Waals surface area (Å²) in [7, 11) is 0. The van der Waals surface area contributed by atoms with E-state index in [1.165, 1.54) is 30.7 Å². The lowest BCUT2D eigenvalue weighted by molar-refractivity contribution is -0.183. The van der Waals surface area contributed by atoms with Crippen LogP contribution in [0.5, 0.6) is 0 Å². The molecule has 0 radical (unpaired) electrons. The molecule has 1 N–H and O–H groups in total. The molecule has 192 valence electrons. The minimum absolute atomic E-state index is 0.000449. The van der Waals surface area contributed by atoms with E-state index in [-0.39, 0.29) is 12.2 Å². The summed E-state index contributed by atoms with van der Waals surface area (Å²) < 4.78 is 24.5. The Morgan fingerprint density at radius 3 is 2.54 bits per heavy atom. The molecule has 5 rings (SSSR count). The number of carbonyl (C=O) groups excluding carboxylic acids is 1. The molecule has 2 heterocycles. The Kier molecular flexibility index (Phi) is 9.27. The Morgan fingerprint density at radius 1 is 1.05 bits per heavy atom. The fourth-order valence-corrected chi connectivity index (χ4v) is 4.20. The van der Waals surface area contributed by atoms with Crippen molar-refractivity contribution >= 4 is 16.9 Å². The van der Waals surface area contributed by atoms with Crippen molar-refractivity contribution in [1.29, 1.82) is 0 Å². The first-order valence-electron chi connectivity index (χ1n) is 12.6. The number of aryl methyl sites for hydroxylation is 1. The minimum atomic E-state index is -0.885. The van der Waals surface area contributed by atoms with Gasteiger partial charge < -0.3 is 5.11 Å². The highest BCUT2D eigenvalue weighted by Crippen LogP contribution is 2.41. The van der Waals surface area contributed by atoms with Gasteiger partial charge in [0.1, 0.15) is 5.82 Å². The molecule has 2 aromatic carbocycles. The first-order chi connectivity index (χ1) is 18.0. The van der Waals surface area contributed by atoms with Gasteiger partial charge in [-0.25, -0.2) is 9.18 Å². The van der Waals surface area contributed by atoms with Crippen LogP contribution in [0.4, 0.5) is 8.92 Å². The number of aromatic nitrogens is 2. The maximum Gasteiger partial charge on any atom is 0.348 e. The topological polar surface area (TPSA) is 72.3 Å². The van der Waals surface area contributed by atoms with Crippen LogP contribution in [0.15, 0.2) is 79.1 Å². The summed E-state index contributed by atoms with van der Waals surface area (Å²) in [6, 6.07) is 20.8. The van der Waals surface area contributed by atoms with Crippen LogP contribution in [-0.4, -0.2) is 27.1 Å². The third-order valence-corrected chi connectivity index (χ3v) is 6.38. The maximum atomic E-state index is 13.1. The van der Waals surface area contributed by atoms with Gasteiger partial charge >= 0.3 is 5.97 Å². The first kappa shape index (κ1) is 26.4. The molecule has 0 aliphatic heterocycles. The molecule has 4 aromatic rings. The summed E-state index contributed by atoms with van der Waals surface area (Å²) in [5.74, 6) is -0.474. The van der Waals surface area contributed by atoms with Gasteiger partial charge in [-0.2, -0.15) is 0 Å². The molecule has 7 heteroatoms. The van der Waals surface area contributed by atoms with E-state index in [4.69, 9.17) is 4.98 Å². The van der Waals surface area contributed by atoms with E-state index in [1.54, 1.807) is 12.4 Å². The fraction of sp³-hybridized carbons (Fsp3) is 0.300. The molecule has 0 amide bonds. The van der Waals surface area contributed by atoms with Gasteiger partial charge in [0, 0.05) is 40.3 Å². The average molecular weight is 505 g/mol. The van der Waals surface area contributed by atoms with Crippen LogP contribution >= 0.6 is 0 Å². The third-order valence-electron chi connectivity index (χ3n) is 6.38. The molecule has 2 aromatic heterocycles. The van der Waals surface area contributed by atoms with Crippen LogP contribution in [0.2, 0.25) is 0 Å². The summed E-state index contributed by atoms with van der Waals surface area (Å²) >= 11 is 0. The maximum absolute atomic E-state index is 13.1. The van der Waals surface area contributed by atoms with Crippen molar-refractivity contribution in [2.75, 3.05) is 0 Å². The Morgan fingerprint density at radius 2 is 1.84 bits per heavy atom. The molecule has 5 nitrogen and oxygen atoms in total. The van der Waals surface area contributed by atoms with E-state index in [0.29, 0.717) is 25.2 Å². The van der Waals surface area contributed by atoms with Crippen LogP contribution in [0.3, 0.4) is 0 Å². The van der Waals surface area contributed by atoms with E-state index in [9.17, 15) is 18.8 Å². The second kappa shape index (κ2) is 13.0. The lowest BCUT2D eigenvalue weighted by Crippen LogP contribution is -2.09. The number of halogens is 2. The van der Waals surface area contributed by atoms with Gasteiger partial charge in [-0.05, 0) is 85.5 Å². The van der Waals surface area contributed by atoms with Gasteiger partial charge in [-0.3, -0.25) is 14.9 Å². The van der Waals surface area contributed by atoms with Gasteiger partial charge in [0.05, 0.1) is 11.6 Å². The Hall–Kier alpha value is -3.71. The Balaban J connectivity index is 0.000000176. The zero-order valence-corrected chi connectivity index (χ0v) is 20.5. The third kappa shape index (κ3) is 7.89. The largest absolute Gasteiger partial charge is 0.393 e. The second-order valence-corrected chi connectivity index (χ2v) is 9.29. The smallest absolute Gasteiger partial charge is 0.348 e. The standard InChI is InChI=1S/C18H14FN.C12H16FNO3/c19-14-9-7-12(8-10-14)16-11-18(13-5-6-13)20-17-4-2-1-3-15(16)17;13-17-12(16)5-1-4-11(15)7-6-10-3-2-8-14-9-10/h1-4,7-11,13H,5-6H2;2-3,8-9,11,15H,1,4-7H2. The van der Waals surface area contributed by atoms with Gasteiger partial charge in [0.15, 0.2) is 0 Å². The van der Waals surface area contributed by atoms with Crippen LogP contribution in [-0.2, 0) is 16.2 Å². The average Bonchev–Trinajstić information content (AvgIpc) is 3.78. The number of pyridine rings is 2. The molecule has 1 atom stereocenters. The van der Waals surface area contributed by atoms with E-state index in [0.717, 1.165) is 34.0 Å². The van der Waals surface area contributed by atoms with Crippen molar-refractivity contribution in [3.8, 4) is 11.1 Å². The summed E-state index contributed by atoms with van der Waals surface area (Å²) in [5.41, 5.74) is 5.46. The van der Waals surface area contributed by atoms with Crippen LogP contribution in [0, 0.1) is 5.82 Å². The van der Waals surface area contributed by atoms with Gasteiger partial charge in [0.2, 0.25) is 0 Å². The molecule has 0 bridgehead atoms. The number of aliphatic hydroxyl groups is 1. The van der Waals surface area contributed by atoms with Crippen molar-refractivity contribution < 1.29 is 23.8 Å². The second-order valence-electron chi connectivity index (χ2n) is 9.29. The first-order valence-corrected chi connectivity index (χ1v) is 12.6. The Labute approximate surface area is 215 Å². The summed E-state index contributed by atoms with van der Waals surface area (Å²) in [4.78, 5) is 22.3. The number of rotatable bonds is 9. The number of benzene rings is 2. The summed E-state index contributed by atoms with van der Waals surface area (Å²) in [6.45, 7) is 0. The monoisotopic (exact) mass is 504 g/mol. The van der Waals surface area contributed by atoms with Crippen molar-refractivity contribution in [3.63, 3.8) is 0 Å². The molecule has 0 spiro atoms. The van der Waals surface area contributed by atoms with Crippen LogP contribution in [0.1, 0.15) is 55.7 Å². The number of para-hydroxylation sites is 1. The number of carbonyl (C=O) groups is 1. The normalized spacial score (nSPS) is 13.5. The lowest BCUT2D eigenvalue weighted by atomic mass is 9.99. The number of hydrogen-bond acceptors (Lipinski definition) is 5. The zero-order chi connectivity index (χ0) is 26.0.